The van der Waals surface area contributed by atoms with Gasteiger partial charge in [-0.3, -0.25) is 4.90 Å². The molecular formula is C14H20ClFN2O. The molecule has 5 heteroatoms. The largest absolute Gasteiger partial charge is 0.381 e. The van der Waals surface area contributed by atoms with E-state index in [2.05, 4.69) is 4.90 Å². The van der Waals surface area contributed by atoms with Crippen LogP contribution in [-0.4, -0.2) is 37.7 Å². The van der Waals surface area contributed by atoms with Crippen molar-refractivity contribution < 1.29 is 9.13 Å². The summed E-state index contributed by atoms with van der Waals surface area (Å²) in [6.45, 7) is 2.28. The number of hydrogen-bond donors (Lipinski definition) is 1. The number of methoxy groups -OCH3 is 1. The van der Waals surface area contributed by atoms with Gasteiger partial charge >= 0.3 is 0 Å². The van der Waals surface area contributed by atoms with Crippen molar-refractivity contribution in [1.29, 1.82) is 0 Å². The normalized spacial score (nSPS) is 19.6. The van der Waals surface area contributed by atoms with E-state index in [9.17, 15) is 4.39 Å². The first-order valence-corrected chi connectivity index (χ1v) is 6.94. The van der Waals surface area contributed by atoms with Gasteiger partial charge < -0.3 is 10.5 Å². The summed E-state index contributed by atoms with van der Waals surface area (Å²) in [6.07, 6.45) is 2.29. The minimum atomic E-state index is -0.312. The predicted octanol–water partition coefficient (Wildman–Crippen LogP) is 2.59. The fourth-order valence-corrected chi connectivity index (χ4v) is 2.92. The Morgan fingerprint density at radius 1 is 1.42 bits per heavy atom. The molecule has 1 fully saturated rings. The standard InChI is InChI=1S/C14H20ClFN2O/c1-19-13-2-4-18(5-3-13)14(9-17)10-6-11(15)8-12(16)7-10/h6-8,13-14H,2-5,9,17H2,1H3. The Balaban J connectivity index is 2.11. The molecule has 3 nitrogen and oxygen atoms in total. The summed E-state index contributed by atoms with van der Waals surface area (Å²) >= 11 is 5.92. The van der Waals surface area contributed by atoms with Crippen LogP contribution in [0.2, 0.25) is 5.02 Å². The predicted molar refractivity (Wildman–Crippen MR) is 74.8 cm³/mol. The third kappa shape index (κ3) is 3.66. The SMILES string of the molecule is COC1CCN(C(CN)c2cc(F)cc(Cl)c2)CC1. The molecule has 19 heavy (non-hydrogen) atoms. The molecule has 0 spiro atoms. The molecule has 1 aromatic carbocycles. The van der Waals surface area contributed by atoms with Crippen LogP contribution in [0.5, 0.6) is 0 Å². The summed E-state index contributed by atoms with van der Waals surface area (Å²) in [5.41, 5.74) is 6.71. The maximum absolute atomic E-state index is 13.4. The van der Waals surface area contributed by atoms with Crippen molar-refractivity contribution in [2.75, 3.05) is 26.7 Å². The van der Waals surface area contributed by atoms with Gasteiger partial charge in [-0.1, -0.05) is 11.6 Å². The molecule has 1 atom stereocenters. The third-order valence-corrected chi connectivity index (χ3v) is 3.96. The summed E-state index contributed by atoms with van der Waals surface area (Å²) < 4.78 is 18.8. The Morgan fingerprint density at radius 2 is 2.11 bits per heavy atom. The second-order valence-electron chi connectivity index (χ2n) is 4.93. The number of rotatable bonds is 4. The fraction of sp³-hybridized carbons (Fsp3) is 0.571. The number of likely N-dealkylation sites (tertiary alicyclic amines) is 1. The smallest absolute Gasteiger partial charge is 0.125 e. The van der Waals surface area contributed by atoms with Crippen LogP contribution in [0.4, 0.5) is 4.39 Å². The summed E-state index contributed by atoms with van der Waals surface area (Å²) in [5, 5.41) is 0.417. The van der Waals surface area contributed by atoms with Crippen LogP contribution >= 0.6 is 11.6 Å². The molecule has 1 saturated heterocycles. The van der Waals surface area contributed by atoms with Crippen molar-refractivity contribution in [3.8, 4) is 0 Å². The first kappa shape index (κ1) is 14.7. The molecule has 2 N–H and O–H groups in total. The average molecular weight is 287 g/mol. The van der Waals surface area contributed by atoms with Crippen LogP contribution in [0.25, 0.3) is 0 Å². The lowest BCUT2D eigenvalue weighted by molar-refractivity contribution is 0.0280. The number of hydrogen-bond acceptors (Lipinski definition) is 3. The van der Waals surface area contributed by atoms with Crippen molar-refractivity contribution >= 4 is 11.6 Å². The van der Waals surface area contributed by atoms with Crippen LogP contribution in [-0.2, 0) is 4.74 Å². The van der Waals surface area contributed by atoms with Crippen LogP contribution in [0.1, 0.15) is 24.4 Å². The van der Waals surface area contributed by atoms with Gasteiger partial charge in [0, 0.05) is 37.8 Å². The molecular weight excluding hydrogens is 267 g/mol. The number of nitrogens with zero attached hydrogens (tertiary/aromatic N) is 1. The first-order valence-electron chi connectivity index (χ1n) is 6.57. The molecule has 0 saturated carbocycles. The lowest BCUT2D eigenvalue weighted by Gasteiger charge is -2.37. The minimum absolute atomic E-state index is 0.0195. The van der Waals surface area contributed by atoms with Crippen molar-refractivity contribution in [3.63, 3.8) is 0 Å². The molecule has 1 aromatic rings. The van der Waals surface area contributed by atoms with E-state index in [1.165, 1.54) is 12.1 Å². The Morgan fingerprint density at radius 3 is 2.63 bits per heavy atom. The van der Waals surface area contributed by atoms with Crippen molar-refractivity contribution in [1.82, 2.24) is 4.90 Å². The molecule has 0 amide bonds. The van der Waals surface area contributed by atoms with Crippen LogP contribution in [0.3, 0.4) is 0 Å². The van der Waals surface area contributed by atoms with Crippen LogP contribution in [0.15, 0.2) is 18.2 Å². The Labute approximate surface area is 118 Å². The molecule has 0 radical (unpaired) electrons. The maximum Gasteiger partial charge on any atom is 0.125 e. The van der Waals surface area contributed by atoms with Crippen molar-refractivity contribution in [2.24, 2.45) is 5.73 Å². The summed E-state index contributed by atoms with van der Waals surface area (Å²) in [5.74, 6) is -0.312. The highest BCUT2D eigenvalue weighted by Gasteiger charge is 2.25. The van der Waals surface area contributed by atoms with Gasteiger partial charge in [-0.05, 0) is 36.6 Å². The van der Waals surface area contributed by atoms with Gasteiger partial charge in [0.2, 0.25) is 0 Å². The van der Waals surface area contributed by atoms with E-state index in [-0.39, 0.29) is 11.9 Å². The molecule has 0 aliphatic carbocycles. The molecule has 1 heterocycles. The van der Waals surface area contributed by atoms with E-state index < -0.39 is 0 Å². The van der Waals surface area contributed by atoms with E-state index in [0.717, 1.165) is 31.5 Å². The first-order chi connectivity index (χ1) is 9.13. The molecule has 1 aliphatic rings. The Hall–Kier alpha value is -0.680. The molecule has 0 bridgehead atoms. The Bertz CT molecular complexity index is 402. The fourth-order valence-electron chi connectivity index (χ4n) is 2.69. The number of benzene rings is 1. The molecule has 106 valence electrons. The zero-order valence-electron chi connectivity index (χ0n) is 11.1. The summed E-state index contributed by atoms with van der Waals surface area (Å²) in [6, 6.07) is 4.65. The van der Waals surface area contributed by atoms with E-state index in [0.29, 0.717) is 17.7 Å². The maximum atomic E-state index is 13.4. The van der Waals surface area contributed by atoms with Gasteiger partial charge in [0.15, 0.2) is 0 Å². The lowest BCUT2D eigenvalue weighted by atomic mass is 10.0. The quantitative estimate of drug-likeness (QED) is 0.925. The highest BCUT2D eigenvalue weighted by Crippen LogP contribution is 2.27. The summed E-state index contributed by atoms with van der Waals surface area (Å²) in [7, 11) is 1.74. The van der Waals surface area contributed by atoms with Gasteiger partial charge in [-0.2, -0.15) is 0 Å². The number of nitrogens with two attached hydrogens (primary N) is 1. The Kier molecular flexibility index (Phi) is 5.16. The molecule has 1 aliphatic heterocycles. The van der Waals surface area contributed by atoms with E-state index >= 15 is 0 Å². The van der Waals surface area contributed by atoms with Crippen LogP contribution in [0, 0.1) is 5.82 Å². The highest BCUT2D eigenvalue weighted by molar-refractivity contribution is 6.30. The number of ether oxygens (including phenoxy) is 1. The molecule has 1 unspecified atom stereocenters. The van der Waals surface area contributed by atoms with Gasteiger partial charge in [-0.25, -0.2) is 4.39 Å². The van der Waals surface area contributed by atoms with Crippen molar-refractivity contribution in [3.05, 3.63) is 34.6 Å². The zero-order chi connectivity index (χ0) is 13.8. The van der Waals surface area contributed by atoms with Gasteiger partial charge in [-0.15, -0.1) is 0 Å². The van der Waals surface area contributed by atoms with Crippen molar-refractivity contribution in [2.45, 2.75) is 25.0 Å². The van der Waals surface area contributed by atoms with Gasteiger partial charge in [0.1, 0.15) is 5.82 Å². The van der Waals surface area contributed by atoms with Crippen LogP contribution < -0.4 is 5.73 Å². The lowest BCUT2D eigenvalue weighted by Crippen LogP contribution is -2.41. The highest BCUT2D eigenvalue weighted by atomic mass is 35.5. The zero-order valence-corrected chi connectivity index (χ0v) is 11.9. The third-order valence-electron chi connectivity index (χ3n) is 3.74. The number of piperidine rings is 1. The molecule has 2 rings (SSSR count). The monoisotopic (exact) mass is 286 g/mol. The topological polar surface area (TPSA) is 38.5 Å². The average Bonchev–Trinajstić information content (AvgIpc) is 2.39. The molecule has 0 aromatic heterocycles. The number of halogens is 2. The second kappa shape index (κ2) is 6.66. The van der Waals surface area contributed by atoms with E-state index in [4.69, 9.17) is 22.1 Å². The van der Waals surface area contributed by atoms with Gasteiger partial charge in [0.25, 0.3) is 0 Å². The second-order valence-corrected chi connectivity index (χ2v) is 5.36. The van der Waals surface area contributed by atoms with E-state index in [1.54, 1.807) is 13.2 Å². The van der Waals surface area contributed by atoms with E-state index in [1.807, 2.05) is 0 Å². The van der Waals surface area contributed by atoms with Gasteiger partial charge in [0.05, 0.1) is 6.10 Å². The summed E-state index contributed by atoms with van der Waals surface area (Å²) in [4.78, 5) is 2.28. The minimum Gasteiger partial charge on any atom is -0.381 e.